The average molecular weight is 444 g/mol. The van der Waals surface area contributed by atoms with Crippen LogP contribution in [-0.2, 0) is 11.3 Å². The van der Waals surface area contributed by atoms with Gasteiger partial charge in [0.1, 0.15) is 12.4 Å². The standard InChI is InChI=1S/C15H13BrCl2N6O/c1-9(24-7-11(16)5-20-24)14(25)21-15-19-8-23(22-15)6-10-2-3-12(17)4-13(10)18/h2-5,7-9H,6H2,1H3,(H,21,22,25). The summed E-state index contributed by atoms with van der Waals surface area (Å²) in [5.41, 5.74) is 0.851. The van der Waals surface area contributed by atoms with Crippen molar-refractivity contribution in [3.63, 3.8) is 0 Å². The maximum Gasteiger partial charge on any atom is 0.251 e. The lowest BCUT2D eigenvalue weighted by Gasteiger charge is -2.10. The normalized spacial score (nSPS) is 12.2. The summed E-state index contributed by atoms with van der Waals surface area (Å²) in [4.78, 5) is 16.4. The number of aromatic nitrogens is 5. The number of hydrogen-bond donors (Lipinski definition) is 1. The molecule has 1 unspecified atom stereocenters. The molecule has 2 aromatic heterocycles. The minimum Gasteiger partial charge on any atom is -0.291 e. The Balaban J connectivity index is 1.66. The van der Waals surface area contributed by atoms with Crippen LogP contribution in [-0.4, -0.2) is 30.5 Å². The van der Waals surface area contributed by atoms with Gasteiger partial charge in [0.15, 0.2) is 0 Å². The Labute approximate surface area is 162 Å². The summed E-state index contributed by atoms with van der Waals surface area (Å²) in [5.74, 6) is -0.0500. The fraction of sp³-hybridized carbons (Fsp3) is 0.200. The zero-order chi connectivity index (χ0) is 18.0. The summed E-state index contributed by atoms with van der Waals surface area (Å²) < 4.78 is 3.93. The smallest absolute Gasteiger partial charge is 0.251 e. The molecule has 1 aromatic carbocycles. The first-order valence-electron chi connectivity index (χ1n) is 7.26. The van der Waals surface area contributed by atoms with Crippen molar-refractivity contribution in [3.8, 4) is 0 Å². The third-order valence-corrected chi connectivity index (χ3v) is 4.46. The van der Waals surface area contributed by atoms with E-state index >= 15 is 0 Å². The van der Waals surface area contributed by atoms with Gasteiger partial charge in [-0.05, 0) is 40.5 Å². The number of nitrogens with one attached hydrogen (secondary N) is 1. The zero-order valence-electron chi connectivity index (χ0n) is 13.0. The van der Waals surface area contributed by atoms with Crippen LogP contribution in [0.3, 0.4) is 0 Å². The minimum atomic E-state index is -0.496. The fourth-order valence-corrected chi connectivity index (χ4v) is 2.88. The molecule has 130 valence electrons. The number of rotatable bonds is 5. The van der Waals surface area contributed by atoms with E-state index in [1.165, 1.54) is 6.33 Å². The Kier molecular flexibility index (Phi) is 5.41. The second-order valence-electron chi connectivity index (χ2n) is 5.31. The first kappa shape index (κ1) is 17.9. The molecule has 0 spiro atoms. The molecule has 0 radical (unpaired) electrons. The molecular formula is C15H13BrCl2N6O. The summed E-state index contributed by atoms with van der Waals surface area (Å²) >= 11 is 15.3. The van der Waals surface area contributed by atoms with Gasteiger partial charge in [-0.2, -0.15) is 5.10 Å². The number of amides is 1. The molecule has 25 heavy (non-hydrogen) atoms. The van der Waals surface area contributed by atoms with E-state index in [4.69, 9.17) is 23.2 Å². The van der Waals surface area contributed by atoms with E-state index in [1.54, 1.807) is 40.8 Å². The van der Waals surface area contributed by atoms with E-state index in [0.29, 0.717) is 16.6 Å². The van der Waals surface area contributed by atoms with Gasteiger partial charge in [-0.3, -0.25) is 14.8 Å². The first-order valence-corrected chi connectivity index (χ1v) is 8.81. The van der Waals surface area contributed by atoms with Crippen molar-refractivity contribution in [1.29, 1.82) is 0 Å². The molecule has 0 aliphatic heterocycles. The predicted octanol–water partition coefficient (Wildman–Crippen LogP) is 3.79. The fourth-order valence-electron chi connectivity index (χ4n) is 2.11. The van der Waals surface area contributed by atoms with Crippen molar-refractivity contribution in [2.45, 2.75) is 19.5 Å². The van der Waals surface area contributed by atoms with Crippen LogP contribution in [0.2, 0.25) is 10.0 Å². The highest BCUT2D eigenvalue weighted by Gasteiger charge is 2.17. The van der Waals surface area contributed by atoms with Crippen molar-refractivity contribution in [2.24, 2.45) is 0 Å². The van der Waals surface area contributed by atoms with Crippen LogP contribution in [0.25, 0.3) is 0 Å². The Morgan fingerprint density at radius 2 is 2.20 bits per heavy atom. The number of hydrogen-bond acceptors (Lipinski definition) is 4. The zero-order valence-corrected chi connectivity index (χ0v) is 16.1. The van der Waals surface area contributed by atoms with Gasteiger partial charge in [-0.15, -0.1) is 5.10 Å². The van der Waals surface area contributed by atoms with Crippen LogP contribution in [0.1, 0.15) is 18.5 Å². The van der Waals surface area contributed by atoms with Crippen molar-refractivity contribution >= 4 is 51.0 Å². The van der Waals surface area contributed by atoms with Gasteiger partial charge in [0.25, 0.3) is 5.91 Å². The van der Waals surface area contributed by atoms with Gasteiger partial charge in [0, 0.05) is 16.2 Å². The van der Waals surface area contributed by atoms with E-state index in [1.807, 2.05) is 6.07 Å². The van der Waals surface area contributed by atoms with Crippen LogP contribution in [0.5, 0.6) is 0 Å². The van der Waals surface area contributed by atoms with E-state index in [2.05, 4.69) is 36.4 Å². The van der Waals surface area contributed by atoms with Crippen LogP contribution in [0.15, 0.2) is 41.4 Å². The SMILES string of the molecule is CC(C(=O)Nc1ncn(Cc2ccc(Cl)cc2Cl)n1)n1cc(Br)cn1. The third kappa shape index (κ3) is 4.39. The van der Waals surface area contributed by atoms with E-state index in [9.17, 15) is 4.79 Å². The molecule has 10 heteroatoms. The molecule has 2 heterocycles. The number of anilines is 1. The lowest BCUT2D eigenvalue weighted by molar-refractivity contribution is -0.119. The summed E-state index contributed by atoms with van der Waals surface area (Å²) in [5, 5.41) is 12.1. The van der Waals surface area contributed by atoms with Gasteiger partial charge in [-0.1, -0.05) is 29.3 Å². The molecule has 0 aliphatic carbocycles. The van der Waals surface area contributed by atoms with Crippen LogP contribution in [0.4, 0.5) is 5.95 Å². The molecular weight excluding hydrogens is 431 g/mol. The molecule has 0 saturated carbocycles. The molecule has 3 rings (SSSR count). The summed E-state index contributed by atoms with van der Waals surface area (Å²) in [7, 11) is 0. The maximum atomic E-state index is 12.3. The van der Waals surface area contributed by atoms with Gasteiger partial charge >= 0.3 is 0 Å². The Morgan fingerprint density at radius 3 is 2.88 bits per heavy atom. The number of carbonyl (C=O) groups is 1. The van der Waals surface area contributed by atoms with Crippen molar-refractivity contribution in [1.82, 2.24) is 24.5 Å². The Hall–Kier alpha value is -1.90. The largest absolute Gasteiger partial charge is 0.291 e. The first-order chi connectivity index (χ1) is 11.9. The highest BCUT2D eigenvalue weighted by atomic mass is 79.9. The molecule has 3 aromatic rings. The highest BCUT2D eigenvalue weighted by molar-refractivity contribution is 9.10. The highest BCUT2D eigenvalue weighted by Crippen LogP contribution is 2.21. The molecule has 0 bridgehead atoms. The van der Waals surface area contributed by atoms with Gasteiger partial charge < -0.3 is 0 Å². The van der Waals surface area contributed by atoms with E-state index in [0.717, 1.165) is 10.0 Å². The average Bonchev–Trinajstić information content (AvgIpc) is 3.18. The van der Waals surface area contributed by atoms with Gasteiger partial charge in [0.05, 0.1) is 17.2 Å². The second-order valence-corrected chi connectivity index (χ2v) is 7.06. The monoisotopic (exact) mass is 442 g/mol. The molecule has 1 N–H and O–H groups in total. The third-order valence-electron chi connectivity index (χ3n) is 3.47. The molecule has 1 amide bonds. The second kappa shape index (κ2) is 7.55. The van der Waals surface area contributed by atoms with Crippen molar-refractivity contribution in [2.75, 3.05) is 5.32 Å². The molecule has 1 atom stereocenters. The number of carbonyl (C=O) groups excluding carboxylic acids is 1. The number of benzene rings is 1. The summed E-state index contributed by atoms with van der Waals surface area (Å²) in [6.07, 6.45) is 4.86. The van der Waals surface area contributed by atoms with Gasteiger partial charge in [-0.25, -0.2) is 9.67 Å². The number of halogens is 3. The van der Waals surface area contributed by atoms with Crippen LogP contribution in [0, 0.1) is 0 Å². The quantitative estimate of drug-likeness (QED) is 0.650. The van der Waals surface area contributed by atoms with E-state index < -0.39 is 6.04 Å². The molecule has 7 nitrogen and oxygen atoms in total. The molecule has 0 saturated heterocycles. The van der Waals surface area contributed by atoms with Crippen LogP contribution < -0.4 is 5.32 Å². The van der Waals surface area contributed by atoms with Crippen LogP contribution >= 0.6 is 39.1 Å². The lowest BCUT2D eigenvalue weighted by Crippen LogP contribution is -2.24. The lowest BCUT2D eigenvalue weighted by atomic mass is 10.2. The topological polar surface area (TPSA) is 77.6 Å². The Morgan fingerprint density at radius 1 is 1.40 bits per heavy atom. The Bertz CT molecular complexity index is 909. The maximum absolute atomic E-state index is 12.3. The van der Waals surface area contributed by atoms with Crippen molar-refractivity contribution in [3.05, 3.63) is 57.0 Å². The summed E-state index contributed by atoms with van der Waals surface area (Å²) in [6, 6.07) is 4.75. The minimum absolute atomic E-state index is 0.216. The molecule has 0 aliphatic rings. The molecule has 0 fully saturated rings. The predicted molar refractivity (Wildman–Crippen MR) is 98.9 cm³/mol. The van der Waals surface area contributed by atoms with Gasteiger partial charge in [0.2, 0.25) is 5.95 Å². The number of nitrogens with zero attached hydrogens (tertiary/aromatic N) is 5. The van der Waals surface area contributed by atoms with Crippen molar-refractivity contribution < 1.29 is 4.79 Å². The summed E-state index contributed by atoms with van der Waals surface area (Å²) in [6.45, 7) is 2.15. The van der Waals surface area contributed by atoms with E-state index in [-0.39, 0.29) is 11.9 Å².